The molecule has 2 aromatic rings. The lowest BCUT2D eigenvalue weighted by atomic mass is 9.97. The van der Waals surface area contributed by atoms with E-state index in [9.17, 15) is 13.2 Å². The molecule has 0 bridgehead atoms. The first kappa shape index (κ1) is 24.1. The van der Waals surface area contributed by atoms with E-state index >= 15 is 0 Å². The van der Waals surface area contributed by atoms with Crippen LogP contribution in [0.4, 0.5) is 5.69 Å². The van der Waals surface area contributed by atoms with E-state index in [0.717, 1.165) is 31.2 Å². The second kappa shape index (κ2) is 11.4. The van der Waals surface area contributed by atoms with Gasteiger partial charge in [0.05, 0.1) is 17.2 Å². The summed E-state index contributed by atoms with van der Waals surface area (Å²) in [5.41, 5.74) is 1.49. The van der Waals surface area contributed by atoms with Crippen LogP contribution in [0.2, 0.25) is 0 Å². The van der Waals surface area contributed by atoms with Crippen molar-refractivity contribution >= 4 is 21.6 Å². The summed E-state index contributed by atoms with van der Waals surface area (Å²) >= 11 is 0. The maximum atomic E-state index is 13.5. The molecule has 0 aliphatic heterocycles. The highest BCUT2D eigenvalue weighted by atomic mass is 32.2. The molecule has 32 heavy (non-hydrogen) atoms. The number of aryl methyl sites for hydroxylation is 1. The summed E-state index contributed by atoms with van der Waals surface area (Å²) in [5, 5.41) is 3.08. The third-order valence-corrected chi connectivity index (χ3v) is 7.59. The Bertz CT molecular complexity index is 964. The smallest absolute Gasteiger partial charge is 0.264 e. The minimum Gasteiger partial charge on any atom is -0.494 e. The Kier molecular flexibility index (Phi) is 8.56. The van der Waals surface area contributed by atoms with Gasteiger partial charge in [-0.05, 0) is 63.1 Å². The van der Waals surface area contributed by atoms with E-state index in [1.807, 2.05) is 26.0 Å². The Morgan fingerprint density at radius 3 is 2.16 bits per heavy atom. The summed E-state index contributed by atoms with van der Waals surface area (Å²) in [7, 11) is -3.93. The van der Waals surface area contributed by atoms with E-state index in [2.05, 4.69) is 5.32 Å². The van der Waals surface area contributed by atoms with Crippen molar-refractivity contribution in [3.05, 3.63) is 54.1 Å². The van der Waals surface area contributed by atoms with E-state index in [0.29, 0.717) is 18.0 Å². The van der Waals surface area contributed by atoms with Crippen LogP contribution < -0.4 is 14.4 Å². The number of sulfonamides is 1. The predicted octanol–water partition coefficient (Wildman–Crippen LogP) is 4.82. The molecule has 174 valence electrons. The van der Waals surface area contributed by atoms with Crippen molar-refractivity contribution in [2.24, 2.45) is 0 Å². The Morgan fingerprint density at radius 1 is 0.969 bits per heavy atom. The Balaban J connectivity index is 1.82. The van der Waals surface area contributed by atoms with Gasteiger partial charge in [-0.1, -0.05) is 49.8 Å². The molecule has 1 saturated carbocycles. The molecule has 0 unspecified atom stereocenters. The van der Waals surface area contributed by atoms with Gasteiger partial charge < -0.3 is 10.1 Å². The number of amides is 1. The van der Waals surface area contributed by atoms with Crippen molar-refractivity contribution in [1.29, 1.82) is 0 Å². The monoisotopic (exact) mass is 458 g/mol. The van der Waals surface area contributed by atoms with Crippen LogP contribution in [0.1, 0.15) is 57.4 Å². The highest BCUT2D eigenvalue weighted by molar-refractivity contribution is 7.92. The van der Waals surface area contributed by atoms with Crippen molar-refractivity contribution in [3.8, 4) is 5.75 Å². The van der Waals surface area contributed by atoms with E-state index in [1.54, 1.807) is 24.3 Å². The van der Waals surface area contributed by atoms with Crippen LogP contribution in [-0.4, -0.2) is 33.5 Å². The summed E-state index contributed by atoms with van der Waals surface area (Å²) in [6, 6.07) is 13.6. The number of anilines is 1. The minimum absolute atomic E-state index is 0.107. The zero-order valence-corrected chi connectivity index (χ0v) is 19.9. The number of rotatable bonds is 8. The number of benzene rings is 2. The first-order valence-electron chi connectivity index (χ1n) is 11.5. The van der Waals surface area contributed by atoms with Crippen molar-refractivity contribution in [2.45, 2.75) is 69.7 Å². The number of nitrogens with zero attached hydrogens (tertiary/aromatic N) is 1. The molecule has 0 spiro atoms. The summed E-state index contributed by atoms with van der Waals surface area (Å²) in [6.07, 6.45) is 7.71. The maximum absolute atomic E-state index is 13.5. The van der Waals surface area contributed by atoms with Crippen LogP contribution in [0.3, 0.4) is 0 Å². The summed E-state index contributed by atoms with van der Waals surface area (Å²) in [6.45, 7) is 4.06. The zero-order valence-electron chi connectivity index (χ0n) is 19.0. The molecule has 1 fully saturated rings. The lowest BCUT2D eigenvalue weighted by Gasteiger charge is -2.26. The number of hydrogen-bond acceptors (Lipinski definition) is 4. The van der Waals surface area contributed by atoms with Crippen LogP contribution >= 0.6 is 0 Å². The highest BCUT2D eigenvalue weighted by Crippen LogP contribution is 2.26. The largest absolute Gasteiger partial charge is 0.494 e. The van der Waals surface area contributed by atoms with Crippen molar-refractivity contribution in [2.75, 3.05) is 17.5 Å². The average Bonchev–Trinajstić information content (AvgIpc) is 2.75. The average molecular weight is 459 g/mol. The van der Waals surface area contributed by atoms with Gasteiger partial charge in [-0.2, -0.15) is 0 Å². The lowest BCUT2D eigenvalue weighted by molar-refractivity contribution is -0.120. The molecule has 2 aromatic carbocycles. The normalized spacial score (nSPS) is 15.4. The van der Waals surface area contributed by atoms with Gasteiger partial charge in [0.25, 0.3) is 10.0 Å². The molecule has 0 radical (unpaired) electrons. The van der Waals surface area contributed by atoms with Crippen molar-refractivity contribution in [3.63, 3.8) is 0 Å². The number of ether oxygens (including phenoxy) is 1. The van der Waals surface area contributed by atoms with Crippen molar-refractivity contribution < 1.29 is 17.9 Å². The molecule has 3 rings (SSSR count). The standard InChI is InChI=1S/C25H34N2O4S/c1-3-31-23-15-17-24(18-16-23)32(29,30)27(22-13-11-20(2)12-14-22)19-25(28)26-21-9-7-5-4-6-8-10-21/h11-18,21H,3-10,19H2,1-2H3,(H,26,28). The maximum Gasteiger partial charge on any atom is 0.264 e. The fourth-order valence-electron chi connectivity index (χ4n) is 4.03. The molecular weight excluding hydrogens is 424 g/mol. The van der Waals surface area contributed by atoms with Gasteiger partial charge in [0, 0.05) is 6.04 Å². The Hall–Kier alpha value is -2.54. The predicted molar refractivity (Wildman–Crippen MR) is 128 cm³/mol. The molecule has 0 saturated heterocycles. The number of carbonyl (C=O) groups excluding carboxylic acids is 1. The van der Waals surface area contributed by atoms with Crippen LogP contribution in [0, 0.1) is 6.92 Å². The zero-order chi connectivity index (χ0) is 23.0. The molecular formula is C25H34N2O4S. The van der Waals surface area contributed by atoms with E-state index < -0.39 is 10.0 Å². The SMILES string of the molecule is CCOc1ccc(S(=O)(=O)N(CC(=O)NC2CCCCCCC2)c2ccc(C)cc2)cc1. The second-order valence-electron chi connectivity index (χ2n) is 8.36. The molecule has 0 aromatic heterocycles. The fourth-order valence-corrected chi connectivity index (χ4v) is 5.45. The van der Waals surface area contributed by atoms with Gasteiger partial charge in [-0.25, -0.2) is 8.42 Å². The molecule has 6 nitrogen and oxygen atoms in total. The number of hydrogen-bond donors (Lipinski definition) is 1. The highest BCUT2D eigenvalue weighted by Gasteiger charge is 2.28. The topological polar surface area (TPSA) is 75.7 Å². The molecule has 1 N–H and O–H groups in total. The Morgan fingerprint density at radius 2 is 1.56 bits per heavy atom. The molecule has 0 heterocycles. The lowest BCUT2D eigenvalue weighted by Crippen LogP contribution is -2.44. The first-order valence-corrected chi connectivity index (χ1v) is 13.0. The van der Waals surface area contributed by atoms with Gasteiger partial charge in [0.15, 0.2) is 0 Å². The van der Waals surface area contributed by atoms with Gasteiger partial charge in [0.2, 0.25) is 5.91 Å². The summed E-state index contributed by atoms with van der Waals surface area (Å²) < 4.78 is 33.7. The van der Waals surface area contributed by atoms with E-state index in [1.165, 1.54) is 35.7 Å². The van der Waals surface area contributed by atoms with Crippen molar-refractivity contribution in [1.82, 2.24) is 5.32 Å². The quantitative estimate of drug-likeness (QED) is 0.615. The van der Waals surface area contributed by atoms with E-state index in [4.69, 9.17) is 4.74 Å². The van der Waals surface area contributed by atoms with Crippen LogP contribution in [0.25, 0.3) is 0 Å². The van der Waals surface area contributed by atoms with Gasteiger partial charge in [-0.15, -0.1) is 0 Å². The first-order chi connectivity index (χ1) is 15.4. The molecule has 1 amide bonds. The third kappa shape index (κ3) is 6.48. The van der Waals surface area contributed by atoms with Gasteiger partial charge in [-0.3, -0.25) is 9.10 Å². The van der Waals surface area contributed by atoms with Crippen LogP contribution in [0.5, 0.6) is 5.75 Å². The second-order valence-corrected chi connectivity index (χ2v) is 10.2. The summed E-state index contributed by atoms with van der Waals surface area (Å²) in [5.74, 6) is 0.334. The molecule has 7 heteroatoms. The number of carbonyl (C=O) groups is 1. The van der Waals surface area contributed by atoms with Gasteiger partial charge in [0.1, 0.15) is 12.3 Å². The fraction of sp³-hybridized carbons (Fsp3) is 0.480. The number of nitrogens with one attached hydrogen (secondary N) is 1. The van der Waals surface area contributed by atoms with Gasteiger partial charge >= 0.3 is 0 Å². The third-order valence-electron chi connectivity index (χ3n) is 5.80. The van der Waals surface area contributed by atoms with E-state index in [-0.39, 0.29) is 23.4 Å². The summed E-state index contributed by atoms with van der Waals surface area (Å²) in [4.78, 5) is 13.1. The Labute approximate surface area is 192 Å². The van der Waals surface area contributed by atoms with Crippen LogP contribution in [0.15, 0.2) is 53.4 Å². The molecule has 1 aliphatic rings. The molecule has 1 aliphatic carbocycles. The van der Waals surface area contributed by atoms with Crippen LogP contribution in [-0.2, 0) is 14.8 Å². The minimum atomic E-state index is -3.93. The molecule has 0 atom stereocenters.